The van der Waals surface area contributed by atoms with E-state index in [-0.39, 0.29) is 5.69 Å². The molecule has 3 rings (SSSR count). The molecule has 2 amide bonds. The highest BCUT2D eigenvalue weighted by Gasteiger charge is 2.24. The molecule has 1 aromatic carbocycles. The minimum Gasteiger partial charge on any atom is -0.492 e. The van der Waals surface area contributed by atoms with Crippen LogP contribution < -0.4 is 20.7 Å². The summed E-state index contributed by atoms with van der Waals surface area (Å²) in [5.41, 5.74) is 1.22. The quantitative estimate of drug-likeness (QED) is 0.248. The average molecular weight is 584 g/mol. The zero-order chi connectivity index (χ0) is 29.5. The Morgan fingerprint density at radius 1 is 1.02 bits per heavy atom. The average Bonchev–Trinajstić information content (AvgIpc) is 2.87. The Balaban J connectivity index is 1.71. The summed E-state index contributed by atoms with van der Waals surface area (Å²) < 4.78 is 11.5. The molecule has 11 heteroatoms. The zero-order valence-electron chi connectivity index (χ0n) is 23.4. The molecule has 0 aliphatic rings. The number of halogens is 1. The Labute approximate surface area is 245 Å². The van der Waals surface area contributed by atoms with Crippen molar-refractivity contribution in [1.29, 1.82) is 0 Å². The zero-order valence-corrected chi connectivity index (χ0v) is 25.0. The molecule has 0 unspecified atom stereocenters. The van der Waals surface area contributed by atoms with Gasteiger partial charge in [0.15, 0.2) is 5.69 Å². The van der Waals surface area contributed by atoms with Gasteiger partial charge in [-0.05, 0) is 69.7 Å². The fraction of sp³-hybridized carbons (Fsp3) is 0.345. The van der Waals surface area contributed by atoms with Crippen LogP contribution in [0.25, 0.3) is 0 Å². The fourth-order valence-electron chi connectivity index (χ4n) is 3.39. The number of aromatic nitrogens is 2. The van der Waals surface area contributed by atoms with Gasteiger partial charge in [0, 0.05) is 24.4 Å². The predicted molar refractivity (Wildman–Crippen MR) is 161 cm³/mol. The van der Waals surface area contributed by atoms with Crippen molar-refractivity contribution in [3.05, 3.63) is 76.7 Å². The summed E-state index contributed by atoms with van der Waals surface area (Å²) in [5, 5.41) is 9.10. The Kier molecular flexibility index (Phi) is 10.1. The number of hydrogen-bond donors (Lipinski definition) is 3. The van der Waals surface area contributed by atoms with Crippen LogP contribution in [0.1, 0.15) is 56.2 Å². The molecule has 3 aromatic rings. The lowest BCUT2D eigenvalue weighted by Crippen LogP contribution is -2.40. The van der Waals surface area contributed by atoms with Crippen LogP contribution in [0.5, 0.6) is 5.75 Å². The maximum atomic E-state index is 13.0. The standard InChI is InChI=1S/C29H34ClN5O4S/c1-18-9-11-20(22(14-18)38-17-29(5,6)16-33-27(37)39-28(2,3)4)26(40)34-21-8-7-13-31-24(21)25(36)35-23-12-10-19(30)15-32-23/h7-15H,16-17H2,1-6H3,(H,33,37)(H,34,40)(H,32,35,36). The summed E-state index contributed by atoms with van der Waals surface area (Å²) in [6, 6.07) is 12.3. The summed E-state index contributed by atoms with van der Waals surface area (Å²) >= 11 is 11.6. The van der Waals surface area contributed by atoms with Gasteiger partial charge >= 0.3 is 6.09 Å². The van der Waals surface area contributed by atoms with Crippen LogP contribution in [-0.4, -0.2) is 45.7 Å². The molecular formula is C29H34ClN5O4S. The molecule has 0 saturated carbocycles. The Morgan fingerprint density at radius 2 is 1.77 bits per heavy atom. The predicted octanol–water partition coefficient (Wildman–Crippen LogP) is 6.41. The molecule has 0 spiro atoms. The summed E-state index contributed by atoms with van der Waals surface area (Å²) in [6.07, 6.45) is 2.48. The Hall–Kier alpha value is -3.76. The number of ether oxygens (including phenoxy) is 2. The monoisotopic (exact) mass is 583 g/mol. The SMILES string of the molecule is Cc1ccc(C(=S)Nc2cccnc2C(=O)Nc2ccc(Cl)cn2)c(OCC(C)(C)CNC(=O)OC(C)(C)C)c1. The highest BCUT2D eigenvalue weighted by molar-refractivity contribution is 7.81. The normalized spacial score (nSPS) is 11.4. The number of nitrogens with zero attached hydrogens (tertiary/aromatic N) is 2. The van der Waals surface area contributed by atoms with Gasteiger partial charge in [0.05, 0.1) is 22.9 Å². The molecular weight excluding hydrogens is 550 g/mol. The first-order valence-corrected chi connectivity index (χ1v) is 13.4. The van der Waals surface area contributed by atoms with E-state index in [1.54, 1.807) is 24.3 Å². The largest absolute Gasteiger partial charge is 0.492 e. The van der Waals surface area contributed by atoms with Crippen LogP contribution in [0.15, 0.2) is 54.9 Å². The van der Waals surface area contributed by atoms with Gasteiger partial charge in [-0.1, -0.05) is 43.7 Å². The van der Waals surface area contributed by atoms with Crippen LogP contribution in [0.2, 0.25) is 5.02 Å². The number of pyridine rings is 2. The number of thiocarbonyl (C=S) groups is 1. The number of nitrogens with one attached hydrogen (secondary N) is 3. The molecule has 0 bridgehead atoms. The number of carbonyl (C=O) groups is 2. The molecule has 9 nitrogen and oxygen atoms in total. The number of benzene rings is 1. The number of hydrogen-bond acceptors (Lipinski definition) is 7. The van der Waals surface area contributed by atoms with Crippen LogP contribution in [0.4, 0.5) is 16.3 Å². The first-order valence-electron chi connectivity index (χ1n) is 12.6. The topological polar surface area (TPSA) is 114 Å². The Morgan fingerprint density at radius 3 is 2.45 bits per heavy atom. The number of anilines is 2. The maximum absolute atomic E-state index is 13.0. The first-order chi connectivity index (χ1) is 18.7. The fourth-order valence-corrected chi connectivity index (χ4v) is 3.78. The van der Waals surface area contributed by atoms with Crippen LogP contribution in [-0.2, 0) is 4.74 Å². The molecule has 40 heavy (non-hydrogen) atoms. The van der Waals surface area contributed by atoms with Gasteiger partial charge in [-0.15, -0.1) is 0 Å². The van der Waals surface area contributed by atoms with E-state index in [2.05, 4.69) is 25.9 Å². The molecule has 0 fully saturated rings. The number of rotatable bonds is 9. The van der Waals surface area contributed by atoms with Crippen molar-refractivity contribution in [2.75, 3.05) is 23.8 Å². The molecule has 212 valence electrons. The number of amides is 2. The number of carbonyl (C=O) groups excluding carboxylic acids is 2. The third kappa shape index (κ3) is 9.46. The maximum Gasteiger partial charge on any atom is 0.407 e. The number of aryl methyl sites for hydroxylation is 1. The molecule has 2 aromatic heterocycles. The van der Waals surface area contributed by atoms with Crippen LogP contribution >= 0.6 is 23.8 Å². The highest BCUT2D eigenvalue weighted by Crippen LogP contribution is 2.26. The van der Waals surface area contributed by atoms with Crippen molar-refractivity contribution >= 4 is 52.3 Å². The minimum absolute atomic E-state index is 0.144. The smallest absolute Gasteiger partial charge is 0.407 e. The Bertz CT molecular complexity index is 1370. The first kappa shape index (κ1) is 30.8. The lowest BCUT2D eigenvalue weighted by atomic mass is 9.95. The van der Waals surface area contributed by atoms with Gasteiger partial charge in [0.1, 0.15) is 22.2 Å². The van der Waals surface area contributed by atoms with Gasteiger partial charge < -0.3 is 25.4 Å². The second-order valence-electron chi connectivity index (χ2n) is 11.0. The second-order valence-corrected chi connectivity index (χ2v) is 11.8. The van der Waals surface area contributed by atoms with E-state index in [0.29, 0.717) is 46.0 Å². The third-order valence-corrected chi connectivity index (χ3v) is 5.90. The molecule has 2 heterocycles. The van der Waals surface area contributed by atoms with Crippen molar-refractivity contribution in [2.24, 2.45) is 5.41 Å². The molecule has 0 aliphatic carbocycles. The van der Waals surface area contributed by atoms with Crippen molar-refractivity contribution in [3.8, 4) is 5.75 Å². The molecule has 0 aliphatic heterocycles. The van der Waals surface area contributed by atoms with Crippen molar-refractivity contribution < 1.29 is 19.1 Å². The van der Waals surface area contributed by atoms with E-state index in [1.165, 1.54) is 12.4 Å². The molecule has 3 N–H and O–H groups in total. The van der Waals surface area contributed by atoms with Crippen molar-refractivity contribution in [2.45, 2.75) is 47.1 Å². The van der Waals surface area contributed by atoms with Crippen LogP contribution in [0, 0.1) is 12.3 Å². The lowest BCUT2D eigenvalue weighted by Gasteiger charge is -2.27. The summed E-state index contributed by atoms with van der Waals surface area (Å²) in [5.74, 6) is 0.454. The van der Waals surface area contributed by atoms with E-state index < -0.39 is 23.0 Å². The van der Waals surface area contributed by atoms with Crippen molar-refractivity contribution in [3.63, 3.8) is 0 Å². The van der Waals surface area contributed by atoms with E-state index >= 15 is 0 Å². The molecule has 0 atom stereocenters. The van der Waals surface area contributed by atoms with E-state index in [0.717, 1.165) is 5.56 Å². The molecule has 0 radical (unpaired) electrons. The van der Waals surface area contributed by atoms with Gasteiger partial charge in [-0.3, -0.25) is 4.79 Å². The third-order valence-electron chi connectivity index (χ3n) is 5.35. The summed E-state index contributed by atoms with van der Waals surface area (Å²) in [7, 11) is 0. The summed E-state index contributed by atoms with van der Waals surface area (Å²) in [4.78, 5) is 33.7. The lowest BCUT2D eigenvalue weighted by molar-refractivity contribution is 0.0492. The highest BCUT2D eigenvalue weighted by atomic mass is 35.5. The summed E-state index contributed by atoms with van der Waals surface area (Å²) in [6.45, 7) is 12.0. The van der Waals surface area contributed by atoms with Gasteiger partial charge in [-0.2, -0.15) is 0 Å². The van der Waals surface area contributed by atoms with Crippen LogP contribution in [0.3, 0.4) is 0 Å². The van der Waals surface area contributed by atoms with E-state index in [9.17, 15) is 9.59 Å². The van der Waals surface area contributed by atoms with Gasteiger partial charge in [0.25, 0.3) is 5.91 Å². The van der Waals surface area contributed by atoms with Gasteiger partial charge in [-0.25, -0.2) is 14.8 Å². The number of alkyl carbamates (subject to hydrolysis) is 1. The van der Waals surface area contributed by atoms with E-state index in [1.807, 2.05) is 59.7 Å². The minimum atomic E-state index is -0.578. The molecule has 0 saturated heterocycles. The second kappa shape index (κ2) is 13.1. The van der Waals surface area contributed by atoms with E-state index in [4.69, 9.17) is 33.3 Å². The van der Waals surface area contributed by atoms with Gasteiger partial charge in [0.2, 0.25) is 0 Å². The van der Waals surface area contributed by atoms with Crippen molar-refractivity contribution in [1.82, 2.24) is 15.3 Å².